The van der Waals surface area contributed by atoms with Gasteiger partial charge in [-0.1, -0.05) is 0 Å². The van der Waals surface area contributed by atoms with Gasteiger partial charge in [-0.25, -0.2) is 9.97 Å². The van der Waals surface area contributed by atoms with Crippen LogP contribution >= 0.6 is 0 Å². The lowest BCUT2D eigenvalue weighted by Crippen LogP contribution is -2.49. The summed E-state index contributed by atoms with van der Waals surface area (Å²) in [4.78, 5) is 54.0. The minimum atomic E-state index is -0.408. The van der Waals surface area contributed by atoms with Crippen molar-refractivity contribution in [3.8, 4) is 0 Å². The third-order valence-electron chi connectivity index (χ3n) is 6.37. The van der Waals surface area contributed by atoms with Crippen molar-refractivity contribution in [1.82, 2.24) is 24.8 Å². The van der Waals surface area contributed by atoms with Gasteiger partial charge in [0.2, 0.25) is 0 Å². The first-order chi connectivity index (χ1) is 13.5. The van der Waals surface area contributed by atoms with Crippen LogP contribution in [0.3, 0.4) is 0 Å². The molecule has 1 amide bonds. The molecule has 1 saturated carbocycles. The van der Waals surface area contributed by atoms with Gasteiger partial charge in [0.1, 0.15) is 17.2 Å². The summed E-state index contributed by atoms with van der Waals surface area (Å²) in [6, 6.07) is 0. The molecule has 2 N–H and O–H groups in total. The molecular weight excluding hydrogens is 358 g/mol. The zero-order chi connectivity index (χ0) is 19.5. The molecule has 1 unspecified atom stereocenters. The maximum Gasteiger partial charge on any atom is 0.263 e. The number of piperidine rings is 1. The van der Waals surface area contributed by atoms with Gasteiger partial charge in [0.25, 0.3) is 17.0 Å². The number of amides is 1. The summed E-state index contributed by atoms with van der Waals surface area (Å²) in [6.45, 7) is 2.77. The van der Waals surface area contributed by atoms with Gasteiger partial charge in [0.15, 0.2) is 0 Å². The molecule has 1 atom stereocenters. The maximum absolute atomic E-state index is 13.0. The Balaban J connectivity index is 1.49. The molecule has 2 aliphatic carbocycles. The third-order valence-corrected chi connectivity index (χ3v) is 6.37. The molecule has 3 aliphatic rings. The van der Waals surface area contributed by atoms with Crippen molar-refractivity contribution in [1.29, 1.82) is 0 Å². The van der Waals surface area contributed by atoms with Crippen LogP contribution < -0.4 is 11.1 Å². The number of fused-ring (bicyclic) bond motifs is 2. The molecular formula is C20H23N5O3. The Morgan fingerprint density at radius 2 is 2.04 bits per heavy atom. The minimum Gasteiger partial charge on any atom is -0.337 e. The number of carbonyl (C=O) groups is 1. The molecule has 2 fully saturated rings. The number of aryl methyl sites for hydroxylation is 1. The van der Waals surface area contributed by atoms with Crippen molar-refractivity contribution in [3.05, 3.63) is 55.4 Å². The minimum absolute atomic E-state index is 0.0218. The maximum atomic E-state index is 13.0. The zero-order valence-corrected chi connectivity index (χ0v) is 15.9. The van der Waals surface area contributed by atoms with Crippen LogP contribution in [-0.4, -0.2) is 43.8 Å². The van der Waals surface area contributed by atoms with E-state index in [9.17, 15) is 14.4 Å². The van der Waals surface area contributed by atoms with Gasteiger partial charge < -0.3 is 14.9 Å². The molecule has 1 saturated heterocycles. The first-order valence-electron chi connectivity index (χ1n) is 9.96. The summed E-state index contributed by atoms with van der Waals surface area (Å²) in [5, 5.41) is 0. The van der Waals surface area contributed by atoms with Crippen LogP contribution in [0.5, 0.6) is 0 Å². The highest BCUT2D eigenvalue weighted by Crippen LogP contribution is 2.45. The number of aromatic amines is 2. The van der Waals surface area contributed by atoms with Gasteiger partial charge in [-0.05, 0) is 45.4 Å². The number of aromatic nitrogens is 4. The SMILES string of the molecule is Cc1ncc(C(=O)N2CCCC3(CCc4c3nc(C3CC3)[nH]c4=O)C2)c(=O)[nH]1. The van der Waals surface area contributed by atoms with Gasteiger partial charge >= 0.3 is 0 Å². The second-order valence-electron chi connectivity index (χ2n) is 8.37. The fraction of sp³-hybridized carbons (Fsp3) is 0.550. The molecule has 8 nitrogen and oxygen atoms in total. The molecule has 2 aromatic heterocycles. The molecule has 1 spiro atoms. The molecule has 0 aromatic carbocycles. The molecule has 8 heteroatoms. The monoisotopic (exact) mass is 381 g/mol. The van der Waals surface area contributed by atoms with E-state index in [1.165, 1.54) is 6.20 Å². The fourth-order valence-electron chi connectivity index (χ4n) is 4.73. The van der Waals surface area contributed by atoms with E-state index in [4.69, 9.17) is 4.98 Å². The predicted molar refractivity (Wildman–Crippen MR) is 102 cm³/mol. The first-order valence-corrected chi connectivity index (χ1v) is 9.96. The Bertz CT molecular complexity index is 1080. The summed E-state index contributed by atoms with van der Waals surface area (Å²) < 4.78 is 0. The van der Waals surface area contributed by atoms with E-state index < -0.39 is 5.56 Å². The van der Waals surface area contributed by atoms with Crippen molar-refractivity contribution in [2.75, 3.05) is 13.1 Å². The molecule has 28 heavy (non-hydrogen) atoms. The van der Waals surface area contributed by atoms with E-state index in [1.807, 2.05) is 0 Å². The van der Waals surface area contributed by atoms with E-state index in [0.29, 0.717) is 31.3 Å². The molecule has 3 heterocycles. The van der Waals surface area contributed by atoms with Gasteiger partial charge in [-0.3, -0.25) is 14.4 Å². The standard InChI is InChI=1S/C20H23N5O3/c1-11-21-9-14(18(27)22-11)19(28)25-8-2-6-20(10-25)7-5-13-15(20)23-16(12-3-4-12)24-17(13)26/h9,12H,2-8,10H2,1H3,(H,21,22,27)(H,23,24,26). The summed E-state index contributed by atoms with van der Waals surface area (Å²) in [5.74, 6) is 1.35. The van der Waals surface area contributed by atoms with Crippen LogP contribution in [0, 0.1) is 6.92 Å². The summed E-state index contributed by atoms with van der Waals surface area (Å²) in [7, 11) is 0. The number of hydrogen-bond acceptors (Lipinski definition) is 5. The summed E-state index contributed by atoms with van der Waals surface area (Å²) in [5.41, 5.74) is 1.01. The first kappa shape index (κ1) is 17.3. The fourth-order valence-corrected chi connectivity index (χ4v) is 4.73. The van der Waals surface area contributed by atoms with Crippen molar-refractivity contribution >= 4 is 5.91 Å². The highest BCUT2D eigenvalue weighted by molar-refractivity contribution is 5.93. The van der Waals surface area contributed by atoms with E-state index in [1.54, 1.807) is 11.8 Å². The average molecular weight is 381 g/mol. The van der Waals surface area contributed by atoms with Gasteiger partial charge in [0, 0.05) is 36.2 Å². The number of likely N-dealkylation sites (tertiary alicyclic amines) is 1. The van der Waals surface area contributed by atoms with Crippen LogP contribution in [0.15, 0.2) is 15.8 Å². The number of carbonyl (C=O) groups excluding carboxylic acids is 1. The van der Waals surface area contributed by atoms with Crippen molar-refractivity contribution < 1.29 is 4.79 Å². The summed E-state index contributed by atoms with van der Waals surface area (Å²) >= 11 is 0. The van der Waals surface area contributed by atoms with Gasteiger partial charge in [-0.2, -0.15) is 0 Å². The summed E-state index contributed by atoms with van der Waals surface area (Å²) in [6.07, 6.45) is 6.75. The third kappa shape index (κ3) is 2.70. The van der Waals surface area contributed by atoms with Crippen LogP contribution in [0.4, 0.5) is 0 Å². The van der Waals surface area contributed by atoms with E-state index in [2.05, 4.69) is 15.0 Å². The lowest BCUT2D eigenvalue weighted by atomic mass is 9.77. The normalized spacial score (nSPS) is 23.8. The van der Waals surface area contributed by atoms with Crippen LogP contribution in [-0.2, 0) is 11.8 Å². The molecule has 5 rings (SSSR count). The highest BCUT2D eigenvalue weighted by atomic mass is 16.2. The van der Waals surface area contributed by atoms with Gasteiger partial charge in [-0.15, -0.1) is 0 Å². The lowest BCUT2D eigenvalue weighted by molar-refractivity contribution is 0.0631. The molecule has 146 valence electrons. The number of nitrogens with one attached hydrogen (secondary N) is 2. The topological polar surface area (TPSA) is 112 Å². The molecule has 1 aliphatic heterocycles. The van der Waals surface area contributed by atoms with E-state index in [0.717, 1.165) is 49.2 Å². The van der Waals surface area contributed by atoms with Gasteiger partial charge in [0.05, 0.1) is 5.69 Å². The van der Waals surface area contributed by atoms with Crippen LogP contribution in [0.2, 0.25) is 0 Å². The average Bonchev–Trinajstić information content (AvgIpc) is 3.46. The van der Waals surface area contributed by atoms with Crippen molar-refractivity contribution in [2.45, 2.75) is 56.8 Å². The van der Waals surface area contributed by atoms with Crippen LogP contribution in [0.25, 0.3) is 0 Å². The molecule has 0 bridgehead atoms. The van der Waals surface area contributed by atoms with Crippen molar-refractivity contribution in [2.24, 2.45) is 0 Å². The Hall–Kier alpha value is -2.77. The smallest absolute Gasteiger partial charge is 0.263 e. The lowest BCUT2D eigenvalue weighted by Gasteiger charge is -2.40. The molecule has 2 aromatic rings. The second kappa shape index (κ2) is 6.12. The number of rotatable bonds is 2. The van der Waals surface area contributed by atoms with E-state index >= 15 is 0 Å². The number of hydrogen-bond donors (Lipinski definition) is 2. The quantitative estimate of drug-likeness (QED) is 0.811. The Morgan fingerprint density at radius 3 is 2.79 bits per heavy atom. The van der Waals surface area contributed by atoms with E-state index in [-0.39, 0.29) is 22.4 Å². The highest BCUT2D eigenvalue weighted by Gasteiger charge is 2.46. The second-order valence-corrected chi connectivity index (χ2v) is 8.37. The van der Waals surface area contributed by atoms with Crippen molar-refractivity contribution in [3.63, 3.8) is 0 Å². The largest absolute Gasteiger partial charge is 0.337 e. The number of H-pyrrole nitrogens is 2. The Morgan fingerprint density at radius 1 is 1.21 bits per heavy atom. The number of nitrogens with zero attached hydrogens (tertiary/aromatic N) is 3. The zero-order valence-electron chi connectivity index (χ0n) is 15.9. The van der Waals surface area contributed by atoms with Crippen LogP contribution in [0.1, 0.15) is 71.3 Å². The predicted octanol–water partition coefficient (Wildman–Crippen LogP) is 1.16. The Labute approximate surface area is 161 Å². The molecule has 0 radical (unpaired) electrons. The Kier molecular flexibility index (Phi) is 3.79.